The van der Waals surface area contributed by atoms with E-state index in [1.165, 1.54) is 6.92 Å². The number of ether oxygens (including phenoxy) is 1. The average Bonchev–Trinajstić information content (AvgIpc) is 3.27. The number of alkyl carbamates (subject to hydrolysis) is 1. The third-order valence-electron chi connectivity index (χ3n) is 4.19. The van der Waals surface area contributed by atoms with E-state index in [1.807, 2.05) is 17.5 Å². The van der Waals surface area contributed by atoms with Gasteiger partial charge in [-0.25, -0.2) is 14.2 Å². The average molecular weight is 534 g/mol. The molecule has 3 aromatic heterocycles. The number of nitrogens with one attached hydrogen (secondary N) is 2. The number of fused-ring (bicyclic) bond motifs is 1. The lowest BCUT2D eigenvalue weighted by atomic mass is 10.1. The SMILES string of the molecule is C[C@H](F)[C@@H](Cc1oc2c(NCc3cccs3)nc(Cl)nc2c1Br)NC(=O)OC(C)(C)C. The van der Waals surface area contributed by atoms with Crippen molar-refractivity contribution in [3.8, 4) is 0 Å². The van der Waals surface area contributed by atoms with Crippen LogP contribution in [0, 0.1) is 0 Å². The van der Waals surface area contributed by atoms with E-state index in [1.54, 1.807) is 32.1 Å². The van der Waals surface area contributed by atoms with Gasteiger partial charge in [0.1, 0.15) is 23.0 Å². The molecule has 0 aromatic carbocycles. The van der Waals surface area contributed by atoms with Crippen LogP contribution in [0.4, 0.5) is 15.0 Å². The van der Waals surface area contributed by atoms with Gasteiger partial charge in [0.25, 0.3) is 0 Å². The van der Waals surface area contributed by atoms with E-state index in [0.29, 0.717) is 33.7 Å². The molecule has 0 radical (unpaired) electrons. The Morgan fingerprint density at radius 1 is 1.42 bits per heavy atom. The highest BCUT2D eigenvalue weighted by atomic mass is 79.9. The van der Waals surface area contributed by atoms with E-state index in [2.05, 4.69) is 36.5 Å². The molecule has 0 bridgehead atoms. The lowest BCUT2D eigenvalue weighted by Gasteiger charge is -2.24. The summed E-state index contributed by atoms with van der Waals surface area (Å²) in [6, 6.07) is 3.09. The number of rotatable bonds is 7. The molecule has 3 heterocycles. The fraction of sp³-hybridized carbons (Fsp3) is 0.450. The molecule has 0 aliphatic rings. The fourth-order valence-electron chi connectivity index (χ4n) is 2.79. The van der Waals surface area contributed by atoms with Crippen LogP contribution in [0.1, 0.15) is 38.3 Å². The molecule has 11 heteroatoms. The van der Waals surface area contributed by atoms with E-state index in [0.717, 1.165) is 4.88 Å². The molecule has 31 heavy (non-hydrogen) atoms. The zero-order valence-electron chi connectivity index (χ0n) is 17.5. The van der Waals surface area contributed by atoms with Crippen molar-refractivity contribution >= 4 is 61.9 Å². The Kier molecular flexibility index (Phi) is 7.43. The van der Waals surface area contributed by atoms with Crippen LogP contribution in [0.5, 0.6) is 0 Å². The molecular weight excluding hydrogens is 511 g/mol. The Labute approximate surface area is 196 Å². The summed E-state index contributed by atoms with van der Waals surface area (Å²) < 4.78 is 26.0. The van der Waals surface area contributed by atoms with Crippen LogP contribution < -0.4 is 10.6 Å². The second-order valence-electron chi connectivity index (χ2n) is 7.93. The fourth-order valence-corrected chi connectivity index (χ4v) is 4.12. The number of amides is 1. The lowest BCUT2D eigenvalue weighted by Crippen LogP contribution is -2.44. The van der Waals surface area contributed by atoms with Gasteiger partial charge in [-0.3, -0.25) is 0 Å². The summed E-state index contributed by atoms with van der Waals surface area (Å²) >= 11 is 11.2. The first kappa shape index (κ1) is 23.7. The maximum absolute atomic E-state index is 14.3. The summed E-state index contributed by atoms with van der Waals surface area (Å²) in [5.74, 6) is 0.844. The van der Waals surface area contributed by atoms with Crippen LogP contribution >= 0.6 is 38.9 Å². The van der Waals surface area contributed by atoms with Gasteiger partial charge in [-0.15, -0.1) is 11.3 Å². The monoisotopic (exact) mass is 532 g/mol. The number of hydrogen-bond donors (Lipinski definition) is 2. The Hall–Kier alpha value is -1.91. The second kappa shape index (κ2) is 9.70. The Balaban J connectivity index is 1.84. The largest absolute Gasteiger partial charge is 0.454 e. The molecule has 0 saturated heterocycles. The molecule has 0 unspecified atom stereocenters. The number of furan rings is 1. The van der Waals surface area contributed by atoms with Crippen molar-refractivity contribution in [1.82, 2.24) is 15.3 Å². The molecule has 2 N–H and O–H groups in total. The van der Waals surface area contributed by atoms with Crippen molar-refractivity contribution in [2.24, 2.45) is 0 Å². The number of anilines is 1. The molecule has 0 spiro atoms. The number of thiophene rings is 1. The van der Waals surface area contributed by atoms with Crippen LogP contribution in [-0.2, 0) is 17.7 Å². The minimum absolute atomic E-state index is 0.0523. The van der Waals surface area contributed by atoms with Crippen molar-refractivity contribution in [3.05, 3.63) is 37.9 Å². The topological polar surface area (TPSA) is 89.3 Å². The summed E-state index contributed by atoms with van der Waals surface area (Å²) in [5, 5.41) is 7.81. The normalized spacial score (nSPS) is 13.8. The summed E-state index contributed by atoms with van der Waals surface area (Å²) in [6.45, 7) is 7.12. The third kappa shape index (κ3) is 6.30. The highest BCUT2D eigenvalue weighted by Crippen LogP contribution is 2.35. The van der Waals surface area contributed by atoms with Gasteiger partial charge >= 0.3 is 6.09 Å². The van der Waals surface area contributed by atoms with Gasteiger partial charge in [0.2, 0.25) is 5.28 Å². The Morgan fingerprint density at radius 2 is 2.16 bits per heavy atom. The predicted octanol–water partition coefficient (Wildman–Crippen LogP) is 6.11. The number of nitrogens with zero attached hydrogens (tertiary/aromatic N) is 2. The van der Waals surface area contributed by atoms with Crippen LogP contribution in [-0.4, -0.2) is 33.9 Å². The quantitative estimate of drug-likeness (QED) is 0.356. The zero-order chi connectivity index (χ0) is 22.8. The predicted molar refractivity (Wildman–Crippen MR) is 124 cm³/mol. The van der Waals surface area contributed by atoms with Crippen molar-refractivity contribution < 1.29 is 18.3 Å². The van der Waals surface area contributed by atoms with Crippen molar-refractivity contribution in [1.29, 1.82) is 0 Å². The van der Waals surface area contributed by atoms with E-state index in [4.69, 9.17) is 20.8 Å². The maximum Gasteiger partial charge on any atom is 0.407 e. The van der Waals surface area contributed by atoms with Gasteiger partial charge in [-0.05, 0) is 66.7 Å². The molecule has 3 rings (SSSR count). The molecule has 1 amide bonds. The van der Waals surface area contributed by atoms with Gasteiger partial charge in [-0.2, -0.15) is 4.98 Å². The number of alkyl halides is 1. The number of hydrogen-bond acceptors (Lipinski definition) is 7. The van der Waals surface area contributed by atoms with Crippen LogP contribution in [0.25, 0.3) is 11.1 Å². The molecule has 0 aliphatic carbocycles. The maximum atomic E-state index is 14.3. The van der Waals surface area contributed by atoms with Crippen molar-refractivity contribution in [3.63, 3.8) is 0 Å². The number of halogens is 3. The minimum Gasteiger partial charge on any atom is -0.454 e. The third-order valence-corrected chi connectivity index (χ3v) is 6.05. The van der Waals surface area contributed by atoms with Crippen molar-refractivity contribution in [2.75, 3.05) is 5.32 Å². The summed E-state index contributed by atoms with van der Waals surface area (Å²) in [6.07, 6.45) is -1.97. The molecule has 2 atom stereocenters. The standard InChI is InChI=1S/C20H23BrClFN4O3S/c1-10(23)12(25-19(28)30-20(2,3)4)8-13-14(21)15-16(29-13)17(27-18(22)26-15)24-9-11-6-5-7-31-11/h5-7,10,12H,8-9H2,1-4H3,(H,25,28)(H,24,26,27)/t10-,12+/m0/s1. The molecule has 168 valence electrons. The van der Waals surface area contributed by atoms with E-state index in [-0.39, 0.29) is 11.7 Å². The lowest BCUT2D eigenvalue weighted by molar-refractivity contribution is 0.0476. The summed E-state index contributed by atoms with van der Waals surface area (Å²) in [4.78, 5) is 21.7. The number of carbonyl (C=O) groups excluding carboxylic acids is 1. The first-order chi connectivity index (χ1) is 14.5. The molecule has 0 saturated carbocycles. The van der Waals surface area contributed by atoms with E-state index < -0.39 is 23.9 Å². The van der Waals surface area contributed by atoms with Crippen LogP contribution in [0.15, 0.2) is 26.4 Å². The molecule has 0 aliphatic heterocycles. The smallest absolute Gasteiger partial charge is 0.407 e. The summed E-state index contributed by atoms with van der Waals surface area (Å²) in [5.41, 5.74) is 0.167. The van der Waals surface area contributed by atoms with Crippen LogP contribution in [0.2, 0.25) is 5.28 Å². The minimum atomic E-state index is -1.35. The van der Waals surface area contributed by atoms with Gasteiger partial charge < -0.3 is 19.8 Å². The Bertz CT molecular complexity index is 1050. The van der Waals surface area contributed by atoms with Gasteiger partial charge in [-0.1, -0.05) is 6.07 Å². The van der Waals surface area contributed by atoms with Crippen molar-refractivity contribution in [2.45, 2.75) is 58.5 Å². The molecule has 3 aromatic rings. The first-order valence-corrected chi connectivity index (χ1v) is 11.6. The summed E-state index contributed by atoms with van der Waals surface area (Å²) in [7, 11) is 0. The Morgan fingerprint density at radius 3 is 2.77 bits per heavy atom. The molecule has 0 fully saturated rings. The van der Waals surface area contributed by atoms with Gasteiger partial charge in [0, 0.05) is 11.3 Å². The van der Waals surface area contributed by atoms with Gasteiger partial charge in [0.05, 0.1) is 17.1 Å². The highest BCUT2D eigenvalue weighted by Gasteiger charge is 2.27. The van der Waals surface area contributed by atoms with Crippen LogP contribution in [0.3, 0.4) is 0 Å². The highest BCUT2D eigenvalue weighted by molar-refractivity contribution is 9.10. The molecule has 7 nitrogen and oxygen atoms in total. The second-order valence-corrected chi connectivity index (χ2v) is 10.1. The van der Waals surface area contributed by atoms with E-state index in [9.17, 15) is 9.18 Å². The number of aromatic nitrogens is 2. The molecular formula is C20H23BrClFN4O3S. The zero-order valence-corrected chi connectivity index (χ0v) is 20.6. The first-order valence-electron chi connectivity index (χ1n) is 9.57. The van der Waals surface area contributed by atoms with Gasteiger partial charge in [0.15, 0.2) is 11.4 Å². The number of carbonyl (C=O) groups is 1. The van der Waals surface area contributed by atoms with E-state index >= 15 is 0 Å².